The Morgan fingerprint density at radius 3 is 2.56 bits per heavy atom. The molecule has 0 aromatic carbocycles. The molecule has 4 nitrogen and oxygen atoms in total. The lowest BCUT2D eigenvalue weighted by Gasteiger charge is -2.20. The highest BCUT2D eigenvalue weighted by Crippen LogP contribution is 2.30. The Hall–Kier alpha value is -1.16. The van der Waals surface area contributed by atoms with E-state index in [1.54, 1.807) is 12.4 Å². The maximum atomic E-state index is 5.61. The topological polar surface area (TPSA) is 47.0 Å². The van der Waals surface area contributed by atoms with Crippen molar-refractivity contribution in [1.82, 2.24) is 15.3 Å². The molecule has 1 fully saturated rings. The minimum atomic E-state index is 0.336. The Labute approximate surface area is 109 Å². The Morgan fingerprint density at radius 1 is 1.28 bits per heavy atom. The minimum Gasteiger partial charge on any atom is -0.489 e. The third-order valence-electron chi connectivity index (χ3n) is 3.61. The number of likely N-dealkylation sites (N-methyl/N-ethyl adjacent to an activating group) is 1. The van der Waals surface area contributed by atoms with Crippen molar-refractivity contribution in [1.29, 1.82) is 0 Å². The highest BCUT2D eigenvalue weighted by Gasteiger charge is 2.17. The van der Waals surface area contributed by atoms with Crippen LogP contribution in [0.15, 0.2) is 12.4 Å². The highest BCUT2D eigenvalue weighted by atomic mass is 16.5. The number of nitrogens with zero attached hydrogens (tertiary/aromatic N) is 2. The van der Waals surface area contributed by atoms with Crippen LogP contribution >= 0.6 is 0 Å². The average molecular weight is 249 g/mol. The fourth-order valence-electron chi connectivity index (χ4n) is 2.28. The van der Waals surface area contributed by atoms with Crippen LogP contribution in [0.5, 0.6) is 5.75 Å². The molecule has 1 aliphatic carbocycles. The molecule has 1 saturated carbocycles. The molecule has 100 valence electrons. The van der Waals surface area contributed by atoms with Gasteiger partial charge >= 0.3 is 0 Å². The molecular formula is C14H23N3O. The smallest absolute Gasteiger partial charge is 0.155 e. The second-order valence-electron chi connectivity index (χ2n) is 5.11. The van der Waals surface area contributed by atoms with Crippen LogP contribution in [0.3, 0.4) is 0 Å². The second-order valence-corrected chi connectivity index (χ2v) is 5.11. The van der Waals surface area contributed by atoms with Gasteiger partial charge < -0.3 is 10.1 Å². The summed E-state index contributed by atoms with van der Waals surface area (Å²) in [4.78, 5) is 8.90. The van der Waals surface area contributed by atoms with Crippen LogP contribution in [0, 0.1) is 0 Å². The van der Waals surface area contributed by atoms with Crippen molar-refractivity contribution in [3.63, 3.8) is 0 Å². The largest absolute Gasteiger partial charge is 0.489 e. The predicted octanol–water partition coefficient (Wildman–Crippen LogP) is 2.51. The van der Waals surface area contributed by atoms with Gasteiger partial charge in [-0.2, -0.15) is 0 Å². The summed E-state index contributed by atoms with van der Waals surface area (Å²) in [5, 5.41) is 3.13. The summed E-state index contributed by atoms with van der Waals surface area (Å²) in [6.45, 7) is 2.72. The Balaban J connectivity index is 1.88. The van der Waals surface area contributed by atoms with Crippen LogP contribution in [0.1, 0.15) is 50.8 Å². The zero-order chi connectivity index (χ0) is 12.8. The molecule has 1 heterocycles. The van der Waals surface area contributed by atoms with Gasteiger partial charge in [0.25, 0.3) is 0 Å². The Bertz CT molecular complexity index is 347. The van der Waals surface area contributed by atoms with Gasteiger partial charge in [0.15, 0.2) is 5.75 Å². The molecule has 1 unspecified atom stereocenters. The first kappa shape index (κ1) is 13.3. The van der Waals surface area contributed by atoms with E-state index < -0.39 is 0 Å². The van der Waals surface area contributed by atoms with Crippen LogP contribution < -0.4 is 10.1 Å². The summed E-state index contributed by atoms with van der Waals surface area (Å²) in [5.74, 6) is 2.31. The van der Waals surface area contributed by atoms with Crippen molar-refractivity contribution >= 4 is 0 Å². The third-order valence-corrected chi connectivity index (χ3v) is 3.61. The monoisotopic (exact) mass is 249 g/mol. The molecule has 0 aliphatic heterocycles. The number of hydrogen-bond acceptors (Lipinski definition) is 4. The molecule has 1 aromatic rings. The van der Waals surface area contributed by atoms with Crippen molar-refractivity contribution in [3.05, 3.63) is 18.2 Å². The third kappa shape index (κ3) is 3.67. The normalized spacial score (nSPS) is 18.6. The van der Waals surface area contributed by atoms with Gasteiger partial charge in [0.1, 0.15) is 12.4 Å². The van der Waals surface area contributed by atoms with Crippen molar-refractivity contribution < 1.29 is 4.74 Å². The van der Waals surface area contributed by atoms with Crippen molar-refractivity contribution in [2.45, 2.75) is 51.0 Å². The first-order valence-electron chi connectivity index (χ1n) is 6.91. The lowest BCUT2D eigenvalue weighted by Crippen LogP contribution is -2.28. The van der Waals surface area contributed by atoms with Gasteiger partial charge in [-0.3, -0.25) is 0 Å². The Morgan fingerprint density at radius 2 is 1.94 bits per heavy atom. The van der Waals surface area contributed by atoms with Gasteiger partial charge in [-0.25, -0.2) is 9.97 Å². The molecule has 0 bridgehead atoms. The van der Waals surface area contributed by atoms with E-state index in [2.05, 4.69) is 22.2 Å². The number of hydrogen-bond donors (Lipinski definition) is 1. The molecule has 1 N–H and O–H groups in total. The van der Waals surface area contributed by atoms with E-state index in [9.17, 15) is 0 Å². The van der Waals surface area contributed by atoms with Crippen LogP contribution in [-0.4, -0.2) is 29.7 Å². The number of nitrogens with one attached hydrogen (secondary N) is 1. The second kappa shape index (κ2) is 6.69. The summed E-state index contributed by atoms with van der Waals surface area (Å²) >= 11 is 0. The van der Waals surface area contributed by atoms with E-state index in [0.29, 0.717) is 18.6 Å². The van der Waals surface area contributed by atoms with Crippen LogP contribution in [0.25, 0.3) is 0 Å². The fraction of sp³-hybridized carbons (Fsp3) is 0.714. The maximum absolute atomic E-state index is 5.61. The average Bonchev–Trinajstić information content (AvgIpc) is 2.46. The lowest BCUT2D eigenvalue weighted by atomic mass is 9.89. The summed E-state index contributed by atoms with van der Waals surface area (Å²) < 4.78 is 5.61. The van der Waals surface area contributed by atoms with Gasteiger partial charge in [-0.1, -0.05) is 19.3 Å². The molecule has 0 amide bonds. The zero-order valence-electron chi connectivity index (χ0n) is 11.4. The SMILES string of the molecule is CNC(C)COc1cnc(C2CCCCC2)nc1. The number of ether oxygens (including phenoxy) is 1. The first-order valence-corrected chi connectivity index (χ1v) is 6.91. The van der Waals surface area contributed by atoms with E-state index in [-0.39, 0.29) is 0 Å². The van der Waals surface area contributed by atoms with Crippen molar-refractivity contribution in [2.24, 2.45) is 0 Å². The molecule has 0 saturated heterocycles. The van der Waals surface area contributed by atoms with Crippen LogP contribution in [0.2, 0.25) is 0 Å². The summed E-state index contributed by atoms with van der Waals surface area (Å²) in [6, 6.07) is 0.336. The van der Waals surface area contributed by atoms with E-state index >= 15 is 0 Å². The van der Waals surface area contributed by atoms with E-state index in [0.717, 1.165) is 11.6 Å². The maximum Gasteiger partial charge on any atom is 0.155 e. The summed E-state index contributed by atoms with van der Waals surface area (Å²) in [6.07, 6.45) is 10.1. The molecule has 2 rings (SSSR count). The zero-order valence-corrected chi connectivity index (χ0v) is 11.4. The summed E-state index contributed by atoms with van der Waals surface area (Å²) in [7, 11) is 1.93. The van der Waals surface area contributed by atoms with Crippen LogP contribution in [0.4, 0.5) is 0 Å². The molecule has 1 aliphatic rings. The highest BCUT2D eigenvalue weighted by molar-refractivity contribution is 5.14. The minimum absolute atomic E-state index is 0.336. The van der Waals surface area contributed by atoms with Crippen molar-refractivity contribution in [2.75, 3.05) is 13.7 Å². The van der Waals surface area contributed by atoms with Gasteiger partial charge in [-0.15, -0.1) is 0 Å². The molecular weight excluding hydrogens is 226 g/mol. The van der Waals surface area contributed by atoms with Gasteiger partial charge in [0.05, 0.1) is 12.4 Å². The summed E-state index contributed by atoms with van der Waals surface area (Å²) in [5.41, 5.74) is 0. The van der Waals surface area contributed by atoms with Crippen LogP contribution in [-0.2, 0) is 0 Å². The molecule has 4 heteroatoms. The standard InChI is InChI=1S/C14H23N3O/c1-11(15-2)10-18-13-8-16-14(17-9-13)12-6-4-3-5-7-12/h8-9,11-12,15H,3-7,10H2,1-2H3. The van der Waals surface area contributed by atoms with Gasteiger partial charge in [0.2, 0.25) is 0 Å². The molecule has 0 radical (unpaired) electrons. The van der Waals surface area contributed by atoms with Gasteiger partial charge in [0, 0.05) is 12.0 Å². The molecule has 18 heavy (non-hydrogen) atoms. The first-order chi connectivity index (χ1) is 8.79. The van der Waals surface area contributed by atoms with Crippen molar-refractivity contribution in [3.8, 4) is 5.75 Å². The quantitative estimate of drug-likeness (QED) is 0.871. The molecule has 0 spiro atoms. The van der Waals surface area contributed by atoms with Gasteiger partial charge in [-0.05, 0) is 26.8 Å². The number of aromatic nitrogens is 2. The predicted molar refractivity (Wildman–Crippen MR) is 71.9 cm³/mol. The number of rotatable bonds is 5. The Kier molecular flexibility index (Phi) is 4.93. The lowest BCUT2D eigenvalue weighted by molar-refractivity contribution is 0.277. The molecule has 1 aromatic heterocycles. The fourth-order valence-corrected chi connectivity index (χ4v) is 2.28. The van der Waals surface area contributed by atoms with E-state index in [1.807, 2.05) is 7.05 Å². The van der Waals surface area contributed by atoms with E-state index in [1.165, 1.54) is 32.1 Å². The molecule has 1 atom stereocenters. The van der Waals surface area contributed by atoms with E-state index in [4.69, 9.17) is 4.74 Å².